The minimum absolute atomic E-state index is 0.0111. The molecule has 2 aromatic rings. The van der Waals surface area contributed by atoms with Crippen LogP contribution in [0.4, 0.5) is 0 Å². The van der Waals surface area contributed by atoms with Crippen LogP contribution in [-0.4, -0.2) is 46.8 Å². The molecule has 6 heteroatoms. The van der Waals surface area contributed by atoms with Gasteiger partial charge in [0.2, 0.25) is 0 Å². The number of pyridine rings is 1. The summed E-state index contributed by atoms with van der Waals surface area (Å²) in [6, 6.07) is 9.74. The standard InChI is InChI=1S/C19H22N2O4/c1-20-16-5-3-2-4-13(16)8-14(17(20)22)9-21-10-15-11-25-7-6-19(15,12-21)18(23)24/h2-5,8,15H,6-7,9-12H2,1H3,(H,23,24)/t15-,19+/m1/s1. The van der Waals surface area contributed by atoms with Crippen molar-refractivity contribution in [3.05, 3.63) is 46.2 Å². The van der Waals surface area contributed by atoms with Gasteiger partial charge in [-0.05, 0) is 23.9 Å². The summed E-state index contributed by atoms with van der Waals surface area (Å²) in [5.41, 5.74) is 0.859. The lowest BCUT2D eigenvalue weighted by molar-refractivity contribution is -0.157. The molecular formula is C19H22N2O4. The largest absolute Gasteiger partial charge is 0.481 e. The van der Waals surface area contributed by atoms with Gasteiger partial charge < -0.3 is 14.4 Å². The van der Waals surface area contributed by atoms with Gasteiger partial charge in [0, 0.05) is 44.8 Å². The minimum Gasteiger partial charge on any atom is -0.481 e. The number of likely N-dealkylation sites (tertiary alicyclic amines) is 1. The number of nitrogens with zero attached hydrogens (tertiary/aromatic N) is 2. The molecule has 0 radical (unpaired) electrons. The van der Waals surface area contributed by atoms with Crippen LogP contribution in [-0.2, 0) is 23.1 Å². The Morgan fingerprint density at radius 2 is 2.20 bits per heavy atom. The first kappa shape index (κ1) is 16.3. The smallest absolute Gasteiger partial charge is 0.311 e. The van der Waals surface area contributed by atoms with Crippen LogP contribution in [0.5, 0.6) is 0 Å². The summed E-state index contributed by atoms with van der Waals surface area (Å²) >= 11 is 0. The topological polar surface area (TPSA) is 71.8 Å². The second-order valence-corrected chi connectivity index (χ2v) is 7.25. The van der Waals surface area contributed by atoms with E-state index in [1.54, 1.807) is 11.6 Å². The summed E-state index contributed by atoms with van der Waals surface area (Å²) in [5.74, 6) is -0.752. The highest BCUT2D eigenvalue weighted by Crippen LogP contribution is 2.42. The summed E-state index contributed by atoms with van der Waals surface area (Å²) in [6.07, 6.45) is 0.541. The molecule has 0 amide bonds. The van der Waals surface area contributed by atoms with Crippen LogP contribution >= 0.6 is 0 Å². The Morgan fingerprint density at radius 3 is 2.96 bits per heavy atom. The maximum atomic E-state index is 12.7. The molecule has 3 heterocycles. The Hall–Kier alpha value is -2.18. The van der Waals surface area contributed by atoms with E-state index in [2.05, 4.69) is 4.90 Å². The Bertz CT molecular complexity index is 891. The number of carboxylic acid groups (broad SMARTS) is 1. The molecule has 4 rings (SSSR count). The van der Waals surface area contributed by atoms with Crippen LogP contribution in [0.2, 0.25) is 0 Å². The highest BCUT2D eigenvalue weighted by Gasteiger charge is 2.53. The summed E-state index contributed by atoms with van der Waals surface area (Å²) in [7, 11) is 1.78. The molecule has 2 saturated heterocycles. The molecule has 0 unspecified atom stereocenters. The molecule has 1 aromatic heterocycles. The molecule has 1 N–H and O–H groups in total. The molecule has 0 spiro atoms. The molecule has 2 aliphatic heterocycles. The maximum absolute atomic E-state index is 12.7. The maximum Gasteiger partial charge on any atom is 0.311 e. The lowest BCUT2D eigenvalue weighted by Gasteiger charge is -2.34. The number of para-hydroxylation sites is 1. The fourth-order valence-corrected chi connectivity index (χ4v) is 4.37. The van der Waals surface area contributed by atoms with Gasteiger partial charge in [-0.25, -0.2) is 0 Å². The van der Waals surface area contributed by atoms with E-state index in [0.29, 0.717) is 44.8 Å². The van der Waals surface area contributed by atoms with Gasteiger partial charge in [0.05, 0.1) is 17.5 Å². The van der Waals surface area contributed by atoms with Crippen molar-refractivity contribution in [1.29, 1.82) is 0 Å². The first-order valence-electron chi connectivity index (χ1n) is 8.62. The lowest BCUT2D eigenvalue weighted by Crippen LogP contribution is -2.44. The number of ether oxygens (including phenoxy) is 1. The highest BCUT2D eigenvalue weighted by molar-refractivity contribution is 5.79. The number of rotatable bonds is 3. The predicted octanol–water partition coefficient (Wildman–Crippen LogP) is 1.46. The molecule has 132 valence electrons. The molecule has 2 atom stereocenters. The molecule has 6 nitrogen and oxygen atoms in total. The molecule has 0 saturated carbocycles. The van der Waals surface area contributed by atoms with Crippen LogP contribution < -0.4 is 5.56 Å². The quantitative estimate of drug-likeness (QED) is 0.914. The van der Waals surface area contributed by atoms with E-state index in [9.17, 15) is 14.7 Å². The minimum atomic E-state index is -0.741. The van der Waals surface area contributed by atoms with Gasteiger partial charge >= 0.3 is 5.97 Å². The third kappa shape index (κ3) is 2.56. The van der Waals surface area contributed by atoms with Gasteiger partial charge in [-0.15, -0.1) is 0 Å². The second-order valence-electron chi connectivity index (χ2n) is 7.25. The number of aryl methyl sites for hydroxylation is 1. The van der Waals surface area contributed by atoms with Crippen LogP contribution in [0.25, 0.3) is 10.9 Å². The van der Waals surface area contributed by atoms with Gasteiger partial charge in [0.25, 0.3) is 5.56 Å². The van der Waals surface area contributed by atoms with Crippen LogP contribution in [0.15, 0.2) is 35.1 Å². The zero-order valence-corrected chi connectivity index (χ0v) is 14.3. The SMILES string of the molecule is Cn1c(=O)c(CN2C[C@@H]3COCC[C@]3(C(=O)O)C2)cc2ccccc21. The number of carbonyl (C=O) groups is 1. The second kappa shape index (κ2) is 5.97. The number of hydrogen-bond donors (Lipinski definition) is 1. The van der Waals surface area contributed by atoms with E-state index in [1.807, 2.05) is 30.3 Å². The van der Waals surface area contributed by atoms with Gasteiger partial charge in [-0.3, -0.25) is 14.5 Å². The number of carboxylic acids is 1. The predicted molar refractivity (Wildman–Crippen MR) is 93.5 cm³/mol. The van der Waals surface area contributed by atoms with Crippen molar-refractivity contribution in [2.75, 3.05) is 26.3 Å². The summed E-state index contributed by atoms with van der Waals surface area (Å²) in [6.45, 7) is 2.59. The number of benzene rings is 1. The summed E-state index contributed by atoms with van der Waals surface area (Å²) in [4.78, 5) is 26.7. The molecule has 25 heavy (non-hydrogen) atoms. The Balaban J connectivity index is 1.65. The van der Waals surface area contributed by atoms with Crippen molar-refractivity contribution in [3.8, 4) is 0 Å². The van der Waals surface area contributed by atoms with E-state index in [-0.39, 0.29) is 11.5 Å². The van der Waals surface area contributed by atoms with Crippen molar-refractivity contribution < 1.29 is 14.6 Å². The number of aromatic nitrogens is 1. The van der Waals surface area contributed by atoms with Crippen molar-refractivity contribution in [2.45, 2.75) is 13.0 Å². The van der Waals surface area contributed by atoms with Crippen LogP contribution in [0, 0.1) is 11.3 Å². The molecule has 0 bridgehead atoms. The zero-order chi connectivity index (χ0) is 17.6. The summed E-state index contributed by atoms with van der Waals surface area (Å²) in [5, 5.41) is 10.8. The lowest BCUT2D eigenvalue weighted by atomic mass is 9.74. The van der Waals surface area contributed by atoms with E-state index < -0.39 is 11.4 Å². The molecular weight excluding hydrogens is 320 g/mol. The average Bonchev–Trinajstić information content (AvgIpc) is 2.99. The van der Waals surface area contributed by atoms with Gasteiger partial charge in [0.15, 0.2) is 0 Å². The van der Waals surface area contributed by atoms with E-state index in [4.69, 9.17) is 4.74 Å². The van der Waals surface area contributed by atoms with Crippen molar-refractivity contribution in [2.24, 2.45) is 18.4 Å². The van der Waals surface area contributed by atoms with Gasteiger partial charge in [-0.2, -0.15) is 0 Å². The fraction of sp³-hybridized carbons (Fsp3) is 0.474. The summed E-state index contributed by atoms with van der Waals surface area (Å²) < 4.78 is 7.17. The monoisotopic (exact) mass is 342 g/mol. The number of aliphatic carboxylic acids is 1. The van der Waals surface area contributed by atoms with Gasteiger partial charge in [0.1, 0.15) is 0 Å². The molecule has 0 aliphatic carbocycles. The van der Waals surface area contributed by atoms with Crippen molar-refractivity contribution >= 4 is 16.9 Å². The Labute approximate surface area is 145 Å². The Kier molecular flexibility index (Phi) is 3.89. The first-order chi connectivity index (χ1) is 12.0. The zero-order valence-electron chi connectivity index (χ0n) is 14.3. The third-order valence-corrected chi connectivity index (χ3v) is 5.80. The number of hydrogen-bond acceptors (Lipinski definition) is 4. The molecule has 1 aromatic carbocycles. The van der Waals surface area contributed by atoms with Crippen molar-refractivity contribution in [1.82, 2.24) is 9.47 Å². The Morgan fingerprint density at radius 1 is 1.40 bits per heavy atom. The molecule has 2 fully saturated rings. The number of fused-ring (bicyclic) bond motifs is 2. The highest BCUT2D eigenvalue weighted by atomic mass is 16.5. The van der Waals surface area contributed by atoms with E-state index in [0.717, 1.165) is 10.9 Å². The van der Waals surface area contributed by atoms with E-state index >= 15 is 0 Å². The van der Waals surface area contributed by atoms with Crippen LogP contribution in [0.1, 0.15) is 12.0 Å². The normalized spacial score (nSPS) is 26.7. The fourth-order valence-electron chi connectivity index (χ4n) is 4.37. The molecule has 2 aliphatic rings. The average molecular weight is 342 g/mol. The third-order valence-electron chi connectivity index (χ3n) is 5.80. The van der Waals surface area contributed by atoms with Crippen molar-refractivity contribution in [3.63, 3.8) is 0 Å². The van der Waals surface area contributed by atoms with Crippen LogP contribution in [0.3, 0.4) is 0 Å². The van der Waals surface area contributed by atoms with Gasteiger partial charge in [-0.1, -0.05) is 18.2 Å². The first-order valence-corrected chi connectivity index (χ1v) is 8.62. The van der Waals surface area contributed by atoms with E-state index in [1.165, 1.54) is 0 Å².